The number of rotatable bonds is 9. The number of nitrogens with zero attached hydrogens (tertiary/aromatic N) is 1. The van der Waals surface area contributed by atoms with Crippen molar-refractivity contribution in [3.8, 4) is 17.2 Å². The van der Waals surface area contributed by atoms with Crippen LogP contribution in [0.4, 0.5) is 0 Å². The van der Waals surface area contributed by atoms with E-state index in [0.29, 0.717) is 24.3 Å². The normalized spacial score (nSPS) is 13.0. The number of methoxy groups -OCH3 is 2. The Morgan fingerprint density at radius 2 is 1.54 bits per heavy atom. The van der Waals surface area contributed by atoms with Crippen LogP contribution in [0, 0.1) is 0 Å². The SMILES string of the molecule is COc1cc(CC(Cc2cccnc2)P(=O)(C(C)C)C(C)C)cc(OC)c1O. The molecule has 154 valence electrons. The minimum atomic E-state index is -2.54. The van der Waals surface area contributed by atoms with Gasteiger partial charge in [-0.3, -0.25) is 4.98 Å². The van der Waals surface area contributed by atoms with Gasteiger partial charge in [0.1, 0.15) is 0 Å². The molecular formula is C22H32NO4P. The van der Waals surface area contributed by atoms with Crippen LogP contribution in [0.15, 0.2) is 36.7 Å². The van der Waals surface area contributed by atoms with Gasteiger partial charge in [0.25, 0.3) is 0 Å². The lowest BCUT2D eigenvalue weighted by molar-refractivity contribution is 0.339. The van der Waals surface area contributed by atoms with Gasteiger partial charge in [-0.2, -0.15) is 0 Å². The van der Waals surface area contributed by atoms with Gasteiger partial charge < -0.3 is 19.1 Å². The van der Waals surface area contributed by atoms with Crippen LogP contribution in [0.3, 0.4) is 0 Å². The first-order chi connectivity index (χ1) is 13.2. The van der Waals surface area contributed by atoms with E-state index in [0.717, 1.165) is 11.1 Å². The van der Waals surface area contributed by atoms with Crippen molar-refractivity contribution >= 4 is 7.14 Å². The third kappa shape index (κ3) is 4.70. The van der Waals surface area contributed by atoms with E-state index in [1.165, 1.54) is 14.2 Å². The first kappa shape index (κ1) is 22.3. The Balaban J connectivity index is 2.49. The number of aromatic nitrogens is 1. The summed E-state index contributed by atoms with van der Waals surface area (Å²) in [5.41, 5.74) is 2.12. The van der Waals surface area contributed by atoms with E-state index in [1.807, 2.05) is 18.3 Å². The zero-order chi connectivity index (χ0) is 20.9. The summed E-state index contributed by atoms with van der Waals surface area (Å²) < 4.78 is 24.8. The van der Waals surface area contributed by atoms with Gasteiger partial charge in [-0.15, -0.1) is 0 Å². The molecule has 1 aromatic carbocycles. The lowest BCUT2D eigenvalue weighted by atomic mass is 10.0. The Hall–Kier alpha value is -2.00. The van der Waals surface area contributed by atoms with Crippen LogP contribution >= 0.6 is 7.14 Å². The number of phenolic OH excluding ortho intramolecular Hbond substituents is 1. The second kappa shape index (κ2) is 9.47. The van der Waals surface area contributed by atoms with Crippen molar-refractivity contribution in [1.29, 1.82) is 0 Å². The largest absolute Gasteiger partial charge is 0.502 e. The third-order valence-corrected chi connectivity index (χ3v) is 10.1. The van der Waals surface area contributed by atoms with Gasteiger partial charge in [-0.1, -0.05) is 33.8 Å². The van der Waals surface area contributed by atoms with Gasteiger partial charge in [0.05, 0.1) is 21.4 Å². The average Bonchev–Trinajstić information content (AvgIpc) is 2.68. The summed E-state index contributed by atoms with van der Waals surface area (Å²) in [4.78, 5) is 4.22. The molecular weight excluding hydrogens is 373 g/mol. The van der Waals surface area contributed by atoms with Crippen molar-refractivity contribution < 1.29 is 19.1 Å². The second-order valence-corrected chi connectivity index (χ2v) is 12.0. The van der Waals surface area contributed by atoms with Gasteiger partial charge in [0.15, 0.2) is 11.5 Å². The highest BCUT2D eigenvalue weighted by Crippen LogP contribution is 2.60. The zero-order valence-corrected chi connectivity index (χ0v) is 18.6. The van der Waals surface area contributed by atoms with Crippen molar-refractivity contribution in [3.05, 3.63) is 47.8 Å². The average molecular weight is 405 g/mol. The maximum atomic E-state index is 14.2. The van der Waals surface area contributed by atoms with E-state index in [1.54, 1.807) is 18.3 Å². The Morgan fingerprint density at radius 3 is 1.96 bits per heavy atom. The zero-order valence-electron chi connectivity index (χ0n) is 17.7. The smallest absolute Gasteiger partial charge is 0.200 e. The van der Waals surface area contributed by atoms with Gasteiger partial charge in [0.2, 0.25) is 5.75 Å². The number of ether oxygens (including phenoxy) is 2. The molecule has 0 aliphatic carbocycles. The molecule has 2 aromatic rings. The number of phenols is 1. The summed E-state index contributed by atoms with van der Waals surface area (Å²) in [6.07, 6.45) is 4.89. The molecule has 0 saturated carbocycles. The number of benzene rings is 1. The molecule has 6 heteroatoms. The van der Waals surface area contributed by atoms with E-state index in [-0.39, 0.29) is 22.7 Å². The summed E-state index contributed by atoms with van der Waals surface area (Å²) in [5, 5.41) is 10.2. The van der Waals surface area contributed by atoms with Gasteiger partial charge in [-0.05, 0) is 42.2 Å². The number of hydrogen-bond acceptors (Lipinski definition) is 5. The minimum absolute atomic E-state index is 0.0199. The third-order valence-electron chi connectivity index (χ3n) is 5.39. The molecule has 0 amide bonds. The van der Waals surface area contributed by atoms with Crippen LogP contribution in [-0.2, 0) is 17.4 Å². The molecule has 0 aliphatic rings. The predicted octanol–water partition coefficient (Wildman–Crippen LogP) is 5.14. The van der Waals surface area contributed by atoms with E-state index >= 15 is 0 Å². The number of hydrogen-bond donors (Lipinski definition) is 1. The quantitative estimate of drug-likeness (QED) is 0.585. The fourth-order valence-corrected chi connectivity index (χ4v) is 7.80. The van der Waals surface area contributed by atoms with Crippen molar-refractivity contribution in [2.24, 2.45) is 0 Å². The van der Waals surface area contributed by atoms with Crippen molar-refractivity contribution in [3.63, 3.8) is 0 Å². The standard InChI is InChI=1S/C22H32NO4P/c1-15(2)28(25,16(3)4)19(10-17-8-7-9-23-14-17)11-18-12-20(26-5)22(24)21(13-18)27-6/h7-9,12-16,19,24H,10-11H2,1-6H3. The minimum Gasteiger partial charge on any atom is -0.502 e. The van der Waals surface area contributed by atoms with Crippen LogP contribution in [0.25, 0.3) is 0 Å². The van der Waals surface area contributed by atoms with Gasteiger partial charge >= 0.3 is 0 Å². The summed E-state index contributed by atoms with van der Waals surface area (Å²) in [6.45, 7) is 8.20. The lowest BCUT2D eigenvalue weighted by Crippen LogP contribution is -2.25. The molecule has 0 bridgehead atoms. The summed E-state index contributed by atoms with van der Waals surface area (Å²) in [6, 6.07) is 7.55. The lowest BCUT2D eigenvalue weighted by Gasteiger charge is -2.34. The highest BCUT2D eigenvalue weighted by atomic mass is 31.2. The molecule has 28 heavy (non-hydrogen) atoms. The molecule has 1 atom stereocenters. The summed E-state index contributed by atoms with van der Waals surface area (Å²) in [7, 11) is 0.490. The molecule has 0 radical (unpaired) electrons. The molecule has 2 rings (SSSR count). The van der Waals surface area contributed by atoms with Crippen LogP contribution in [0.2, 0.25) is 0 Å². The Morgan fingerprint density at radius 1 is 1.00 bits per heavy atom. The maximum absolute atomic E-state index is 14.2. The van der Waals surface area contributed by atoms with Gasteiger partial charge in [0, 0.05) is 29.4 Å². The van der Waals surface area contributed by atoms with E-state index in [9.17, 15) is 9.67 Å². The molecule has 1 aromatic heterocycles. The van der Waals surface area contributed by atoms with Crippen LogP contribution in [0.5, 0.6) is 17.2 Å². The first-order valence-corrected chi connectivity index (χ1v) is 11.6. The van der Waals surface area contributed by atoms with Crippen LogP contribution < -0.4 is 9.47 Å². The highest BCUT2D eigenvalue weighted by molar-refractivity contribution is 7.66. The molecule has 0 spiro atoms. The monoisotopic (exact) mass is 405 g/mol. The molecule has 5 nitrogen and oxygen atoms in total. The van der Waals surface area contributed by atoms with Crippen molar-refractivity contribution in [1.82, 2.24) is 4.98 Å². The van der Waals surface area contributed by atoms with Crippen molar-refractivity contribution in [2.75, 3.05) is 14.2 Å². The fourth-order valence-electron chi connectivity index (χ4n) is 3.93. The molecule has 1 unspecified atom stereocenters. The Labute approximate surface area is 168 Å². The fraction of sp³-hybridized carbons (Fsp3) is 0.500. The van der Waals surface area contributed by atoms with Gasteiger partial charge in [-0.25, -0.2) is 0 Å². The Bertz CT molecular complexity index is 784. The van der Waals surface area contributed by atoms with E-state index in [4.69, 9.17) is 9.47 Å². The predicted molar refractivity (Wildman–Crippen MR) is 115 cm³/mol. The van der Waals surface area contributed by atoms with E-state index in [2.05, 4.69) is 32.7 Å². The molecule has 1 heterocycles. The van der Waals surface area contributed by atoms with Crippen molar-refractivity contribution in [2.45, 2.75) is 57.5 Å². The number of aromatic hydroxyl groups is 1. The van der Waals surface area contributed by atoms with Crippen LogP contribution in [0.1, 0.15) is 38.8 Å². The van der Waals surface area contributed by atoms with E-state index < -0.39 is 7.14 Å². The first-order valence-electron chi connectivity index (χ1n) is 9.65. The summed E-state index contributed by atoms with van der Waals surface area (Å²) >= 11 is 0. The maximum Gasteiger partial charge on any atom is 0.200 e. The molecule has 0 saturated heterocycles. The topological polar surface area (TPSA) is 68.7 Å². The molecule has 1 N–H and O–H groups in total. The molecule has 0 aliphatic heterocycles. The Kier molecular flexibility index (Phi) is 7.54. The second-order valence-electron chi connectivity index (χ2n) is 7.72. The summed E-state index contributed by atoms with van der Waals surface area (Å²) in [5.74, 6) is 0.699. The number of pyridine rings is 1. The molecule has 0 fully saturated rings. The van der Waals surface area contributed by atoms with Crippen LogP contribution in [-0.4, -0.2) is 41.3 Å². The highest BCUT2D eigenvalue weighted by Gasteiger charge is 2.39.